The smallest absolute Gasteiger partial charge is 0.118 e. The average Bonchev–Trinajstić information content (AvgIpc) is 2.70. The minimum atomic E-state index is 0.733. The first-order valence-corrected chi connectivity index (χ1v) is 9.32. The Morgan fingerprint density at radius 3 is 2.58 bits per heavy atom. The SMILES string of the molecule is COc1ccc(CN2CCC(CNCc3cccc(C#N)c3)CC2)cc1. The maximum atomic E-state index is 8.97. The third-order valence-electron chi connectivity index (χ3n) is 5.09. The summed E-state index contributed by atoms with van der Waals surface area (Å²) in [6, 6.07) is 18.4. The zero-order valence-electron chi connectivity index (χ0n) is 15.4. The van der Waals surface area contributed by atoms with E-state index in [0.717, 1.165) is 50.0 Å². The highest BCUT2D eigenvalue weighted by atomic mass is 16.5. The van der Waals surface area contributed by atoms with Gasteiger partial charge in [-0.2, -0.15) is 5.26 Å². The van der Waals surface area contributed by atoms with E-state index in [0.29, 0.717) is 0 Å². The van der Waals surface area contributed by atoms with Crippen LogP contribution in [0, 0.1) is 17.2 Å². The fraction of sp³-hybridized carbons (Fsp3) is 0.409. The standard InChI is InChI=1S/C22H27N3O/c1-26-22-7-5-19(6-8-22)17-25-11-9-18(10-12-25)15-24-16-21-4-2-3-20(13-21)14-23/h2-8,13,18,24H,9-12,15-17H2,1H3. The lowest BCUT2D eigenvalue weighted by molar-refractivity contribution is 0.175. The second kappa shape index (κ2) is 9.38. The van der Waals surface area contributed by atoms with E-state index in [1.165, 1.54) is 24.0 Å². The summed E-state index contributed by atoms with van der Waals surface area (Å²) in [5, 5.41) is 12.5. The van der Waals surface area contributed by atoms with Crippen LogP contribution in [0.2, 0.25) is 0 Å². The van der Waals surface area contributed by atoms with Gasteiger partial charge in [-0.05, 0) is 73.8 Å². The molecule has 1 N–H and O–H groups in total. The third kappa shape index (κ3) is 5.32. The van der Waals surface area contributed by atoms with Gasteiger partial charge in [-0.25, -0.2) is 0 Å². The first kappa shape index (κ1) is 18.4. The van der Waals surface area contributed by atoms with E-state index < -0.39 is 0 Å². The first-order valence-electron chi connectivity index (χ1n) is 9.32. The molecule has 3 rings (SSSR count). The lowest BCUT2D eigenvalue weighted by Crippen LogP contribution is -2.36. The summed E-state index contributed by atoms with van der Waals surface area (Å²) < 4.78 is 5.22. The van der Waals surface area contributed by atoms with Crippen molar-refractivity contribution in [3.8, 4) is 11.8 Å². The van der Waals surface area contributed by atoms with Crippen molar-refractivity contribution in [1.29, 1.82) is 5.26 Å². The lowest BCUT2D eigenvalue weighted by atomic mass is 9.96. The minimum absolute atomic E-state index is 0.733. The molecule has 0 radical (unpaired) electrons. The van der Waals surface area contributed by atoms with Crippen LogP contribution in [0.3, 0.4) is 0 Å². The van der Waals surface area contributed by atoms with E-state index in [4.69, 9.17) is 10.00 Å². The molecule has 0 bridgehead atoms. The molecule has 0 saturated carbocycles. The molecule has 4 heteroatoms. The zero-order chi connectivity index (χ0) is 18.2. The van der Waals surface area contributed by atoms with Gasteiger partial charge in [0.2, 0.25) is 0 Å². The monoisotopic (exact) mass is 349 g/mol. The number of methoxy groups -OCH3 is 1. The average molecular weight is 349 g/mol. The van der Waals surface area contributed by atoms with Gasteiger partial charge in [-0.15, -0.1) is 0 Å². The van der Waals surface area contributed by atoms with Gasteiger partial charge in [-0.1, -0.05) is 24.3 Å². The predicted molar refractivity (Wildman–Crippen MR) is 104 cm³/mol. The molecule has 1 aliphatic heterocycles. The maximum Gasteiger partial charge on any atom is 0.118 e. The van der Waals surface area contributed by atoms with Crippen molar-refractivity contribution in [1.82, 2.24) is 10.2 Å². The molecule has 0 amide bonds. The Kier molecular flexibility index (Phi) is 6.65. The van der Waals surface area contributed by atoms with Gasteiger partial charge < -0.3 is 10.1 Å². The van der Waals surface area contributed by atoms with Crippen molar-refractivity contribution in [3.05, 3.63) is 65.2 Å². The number of nitriles is 1. The number of benzene rings is 2. The molecule has 0 atom stereocenters. The molecule has 2 aromatic rings. The normalized spacial score (nSPS) is 15.5. The number of nitrogens with one attached hydrogen (secondary N) is 1. The summed E-state index contributed by atoms with van der Waals surface area (Å²) in [5.74, 6) is 1.65. The largest absolute Gasteiger partial charge is 0.497 e. The van der Waals surface area contributed by atoms with E-state index in [-0.39, 0.29) is 0 Å². The molecular weight excluding hydrogens is 322 g/mol. The van der Waals surface area contributed by atoms with Crippen LogP contribution in [-0.2, 0) is 13.1 Å². The highest BCUT2D eigenvalue weighted by Gasteiger charge is 2.18. The third-order valence-corrected chi connectivity index (χ3v) is 5.09. The van der Waals surface area contributed by atoms with Crippen molar-refractivity contribution < 1.29 is 4.74 Å². The second-order valence-electron chi connectivity index (χ2n) is 7.01. The lowest BCUT2D eigenvalue weighted by Gasteiger charge is -2.32. The Hall–Kier alpha value is -2.35. The van der Waals surface area contributed by atoms with Crippen molar-refractivity contribution >= 4 is 0 Å². The molecule has 0 aromatic heterocycles. The van der Waals surface area contributed by atoms with Crippen LogP contribution < -0.4 is 10.1 Å². The fourth-order valence-corrected chi connectivity index (χ4v) is 3.51. The highest BCUT2D eigenvalue weighted by Crippen LogP contribution is 2.20. The summed E-state index contributed by atoms with van der Waals surface area (Å²) >= 11 is 0. The van der Waals surface area contributed by atoms with E-state index in [1.807, 2.05) is 30.3 Å². The van der Waals surface area contributed by atoms with Crippen LogP contribution in [0.25, 0.3) is 0 Å². The molecular formula is C22H27N3O. The van der Waals surface area contributed by atoms with Gasteiger partial charge in [0, 0.05) is 13.1 Å². The summed E-state index contributed by atoms with van der Waals surface area (Å²) in [4.78, 5) is 2.54. The molecule has 1 heterocycles. The van der Waals surface area contributed by atoms with Gasteiger partial charge in [0.05, 0.1) is 18.7 Å². The van der Waals surface area contributed by atoms with E-state index in [9.17, 15) is 0 Å². The van der Waals surface area contributed by atoms with Gasteiger partial charge in [0.1, 0.15) is 5.75 Å². The molecule has 4 nitrogen and oxygen atoms in total. The van der Waals surface area contributed by atoms with Gasteiger partial charge in [0.25, 0.3) is 0 Å². The quantitative estimate of drug-likeness (QED) is 0.830. The molecule has 1 saturated heterocycles. The van der Waals surface area contributed by atoms with Crippen LogP contribution in [-0.4, -0.2) is 31.6 Å². The van der Waals surface area contributed by atoms with Crippen molar-refractivity contribution in [2.75, 3.05) is 26.7 Å². The summed E-state index contributed by atoms with van der Waals surface area (Å²) in [6.07, 6.45) is 2.47. The zero-order valence-corrected chi connectivity index (χ0v) is 15.4. The van der Waals surface area contributed by atoms with Crippen LogP contribution in [0.4, 0.5) is 0 Å². The number of ether oxygens (including phenoxy) is 1. The van der Waals surface area contributed by atoms with Crippen LogP contribution >= 0.6 is 0 Å². The molecule has 1 aliphatic rings. The maximum absolute atomic E-state index is 8.97. The second-order valence-corrected chi connectivity index (χ2v) is 7.01. The van der Waals surface area contributed by atoms with E-state index in [2.05, 4.69) is 34.5 Å². The van der Waals surface area contributed by atoms with Crippen LogP contribution in [0.1, 0.15) is 29.5 Å². The number of nitrogens with zero attached hydrogens (tertiary/aromatic N) is 2. The Morgan fingerprint density at radius 1 is 1.12 bits per heavy atom. The minimum Gasteiger partial charge on any atom is -0.497 e. The molecule has 2 aromatic carbocycles. The Bertz CT molecular complexity index is 728. The van der Waals surface area contributed by atoms with Crippen molar-refractivity contribution in [3.63, 3.8) is 0 Å². The number of hydrogen-bond acceptors (Lipinski definition) is 4. The summed E-state index contributed by atoms with van der Waals surface area (Å²) in [7, 11) is 1.70. The van der Waals surface area contributed by atoms with E-state index >= 15 is 0 Å². The number of piperidine rings is 1. The number of hydrogen-bond donors (Lipinski definition) is 1. The molecule has 0 spiro atoms. The molecule has 0 aliphatic carbocycles. The molecule has 0 unspecified atom stereocenters. The fourth-order valence-electron chi connectivity index (χ4n) is 3.51. The van der Waals surface area contributed by atoms with Crippen LogP contribution in [0.15, 0.2) is 48.5 Å². The summed E-state index contributed by atoms with van der Waals surface area (Å²) in [6.45, 7) is 5.21. The topological polar surface area (TPSA) is 48.3 Å². The summed E-state index contributed by atoms with van der Waals surface area (Å²) in [5.41, 5.74) is 3.26. The van der Waals surface area contributed by atoms with Crippen molar-refractivity contribution in [2.24, 2.45) is 5.92 Å². The predicted octanol–water partition coefficient (Wildman–Crippen LogP) is 3.57. The van der Waals surface area contributed by atoms with Gasteiger partial charge in [-0.3, -0.25) is 4.90 Å². The molecule has 26 heavy (non-hydrogen) atoms. The van der Waals surface area contributed by atoms with Crippen molar-refractivity contribution in [2.45, 2.75) is 25.9 Å². The van der Waals surface area contributed by atoms with Gasteiger partial charge in [0.15, 0.2) is 0 Å². The molecule has 136 valence electrons. The van der Waals surface area contributed by atoms with Gasteiger partial charge >= 0.3 is 0 Å². The Morgan fingerprint density at radius 2 is 1.88 bits per heavy atom. The van der Waals surface area contributed by atoms with E-state index in [1.54, 1.807) is 7.11 Å². The highest BCUT2D eigenvalue weighted by molar-refractivity contribution is 5.32. The number of likely N-dealkylation sites (tertiary alicyclic amines) is 1. The Balaban J connectivity index is 1.37. The number of rotatable bonds is 7. The Labute approximate surface area is 156 Å². The van der Waals surface area contributed by atoms with Crippen LogP contribution in [0.5, 0.6) is 5.75 Å². The first-order chi connectivity index (χ1) is 12.8. The molecule has 1 fully saturated rings.